The summed E-state index contributed by atoms with van der Waals surface area (Å²) < 4.78 is 5.84. The van der Waals surface area contributed by atoms with E-state index >= 15 is 0 Å². The Hall–Kier alpha value is -0.860. The van der Waals surface area contributed by atoms with Crippen LogP contribution in [0.15, 0.2) is 24.3 Å². The van der Waals surface area contributed by atoms with Crippen LogP contribution >= 0.6 is 0 Å². The molecule has 0 fully saturated rings. The van der Waals surface area contributed by atoms with Crippen molar-refractivity contribution in [1.82, 2.24) is 5.32 Å². The summed E-state index contributed by atoms with van der Waals surface area (Å²) in [7, 11) is 0. The van der Waals surface area contributed by atoms with Crippen molar-refractivity contribution >= 4 is 0 Å². The third-order valence-corrected chi connectivity index (χ3v) is 3.70. The van der Waals surface area contributed by atoms with Crippen LogP contribution in [0, 0.1) is 5.92 Å². The summed E-state index contributed by atoms with van der Waals surface area (Å²) in [6.45, 7) is 13.7. The predicted molar refractivity (Wildman–Crippen MR) is 82.5 cm³/mol. The number of hydrogen-bond acceptors (Lipinski definition) is 2. The highest BCUT2D eigenvalue weighted by atomic mass is 16.5. The van der Waals surface area contributed by atoms with Crippen molar-refractivity contribution in [3.8, 4) is 0 Å². The van der Waals surface area contributed by atoms with Gasteiger partial charge in [-0.05, 0) is 36.4 Å². The fourth-order valence-electron chi connectivity index (χ4n) is 1.84. The molecule has 2 heteroatoms. The molecule has 0 aliphatic carbocycles. The van der Waals surface area contributed by atoms with E-state index in [1.165, 1.54) is 11.1 Å². The van der Waals surface area contributed by atoms with E-state index in [1.54, 1.807) is 0 Å². The molecule has 1 rings (SSSR count). The second-order valence-electron chi connectivity index (χ2n) is 5.71. The van der Waals surface area contributed by atoms with Gasteiger partial charge in [0.25, 0.3) is 0 Å². The number of ether oxygens (including phenoxy) is 1. The zero-order valence-electron chi connectivity index (χ0n) is 13.1. The number of hydrogen-bond donors (Lipinski definition) is 1. The average Bonchev–Trinajstić information content (AvgIpc) is 2.42. The molecule has 1 aromatic carbocycles. The predicted octanol–water partition coefficient (Wildman–Crippen LogP) is 3.96. The molecule has 0 aliphatic rings. The topological polar surface area (TPSA) is 21.3 Å². The van der Waals surface area contributed by atoms with Gasteiger partial charge in [-0.25, -0.2) is 0 Å². The lowest BCUT2D eigenvalue weighted by Crippen LogP contribution is -2.19. The van der Waals surface area contributed by atoms with Crippen LogP contribution in [0.4, 0.5) is 0 Å². The van der Waals surface area contributed by atoms with Gasteiger partial charge >= 0.3 is 0 Å². The van der Waals surface area contributed by atoms with Gasteiger partial charge in [0.1, 0.15) is 0 Å². The molecule has 1 aromatic rings. The van der Waals surface area contributed by atoms with E-state index in [1.807, 2.05) is 0 Å². The van der Waals surface area contributed by atoms with Gasteiger partial charge in [0, 0.05) is 6.54 Å². The zero-order chi connectivity index (χ0) is 14.3. The molecule has 0 heterocycles. The van der Waals surface area contributed by atoms with Gasteiger partial charge in [0.2, 0.25) is 0 Å². The Balaban J connectivity index is 2.47. The largest absolute Gasteiger partial charge is 0.374 e. The molecule has 1 N–H and O–H groups in total. The first-order valence-electron chi connectivity index (χ1n) is 7.45. The molecule has 0 aliphatic heterocycles. The average molecular weight is 263 g/mol. The molecular weight excluding hydrogens is 234 g/mol. The highest BCUT2D eigenvalue weighted by Gasteiger charge is 2.08. The van der Waals surface area contributed by atoms with Crippen molar-refractivity contribution in [3.05, 3.63) is 35.4 Å². The molecule has 19 heavy (non-hydrogen) atoms. The molecule has 2 nitrogen and oxygen atoms in total. The lowest BCUT2D eigenvalue weighted by atomic mass is 10.00. The fourth-order valence-corrected chi connectivity index (χ4v) is 1.84. The van der Waals surface area contributed by atoms with E-state index < -0.39 is 0 Å². The fraction of sp³-hybridized carbons (Fsp3) is 0.647. The minimum Gasteiger partial charge on any atom is -0.374 e. The maximum Gasteiger partial charge on any atom is 0.0720 e. The molecule has 2 unspecified atom stereocenters. The first-order valence-corrected chi connectivity index (χ1v) is 7.45. The quantitative estimate of drug-likeness (QED) is 0.766. The van der Waals surface area contributed by atoms with E-state index in [0.717, 1.165) is 13.1 Å². The molecule has 0 bridgehead atoms. The third kappa shape index (κ3) is 5.75. The molecule has 0 spiro atoms. The number of nitrogens with one attached hydrogen (secondary N) is 1. The zero-order valence-corrected chi connectivity index (χ0v) is 13.1. The van der Waals surface area contributed by atoms with Crippen molar-refractivity contribution in [2.75, 3.05) is 13.1 Å². The van der Waals surface area contributed by atoms with Gasteiger partial charge in [-0.1, -0.05) is 52.0 Å². The van der Waals surface area contributed by atoms with E-state index in [2.05, 4.69) is 64.2 Å². The maximum atomic E-state index is 5.84. The van der Waals surface area contributed by atoms with Crippen LogP contribution in [0.25, 0.3) is 0 Å². The second kappa shape index (κ2) is 8.34. The van der Waals surface area contributed by atoms with E-state index in [0.29, 0.717) is 24.5 Å². The molecule has 0 saturated carbocycles. The van der Waals surface area contributed by atoms with Crippen molar-refractivity contribution in [1.29, 1.82) is 0 Å². The lowest BCUT2D eigenvalue weighted by molar-refractivity contribution is 0.0235. The Kier molecular flexibility index (Phi) is 7.11. The van der Waals surface area contributed by atoms with Gasteiger partial charge in [-0.2, -0.15) is 0 Å². The summed E-state index contributed by atoms with van der Waals surface area (Å²) in [4.78, 5) is 0. The van der Waals surface area contributed by atoms with Crippen LogP contribution < -0.4 is 5.32 Å². The molecule has 0 saturated heterocycles. The minimum atomic E-state index is 0.312. The Labute approximate surface area is 118 Å². The van der Waals surface area contributed by atoms with Crippen LogP contribution in [0.1, 0.15) is 51.7 Å². The summed E-state index contributed by atoms with van der Waals surface area (Å²) in [6.07, 6.45) is 0.312. The lowest BCUT2D eigenvalue weighted by Gasteiger charge is -2.17. The molecule has 0 aromatic heterocycles. The number of likely N-dealkylation sites (N-methyl/N-ethyl adjacent to an activating group) is 1. The highest BCUT2D eigenvalue weighted by Crippen LogP contribution is 2.16. The molecule has 0 amide bonds. The summed E-state index contributed by atoms with van der Waals surface area (Å²) in [6, 6.07) is 8.82. The van der Waals surface area contributed by atoms with Crippen LogP contribution in [0.5, 0.6) is 0 Å². The molecule has 0 radical (unpaired) electrons. The third-order valence-electron chi connectivity index (χ3n) is 3.70. The van der Waals surface area contributed by atoms with Gasteiger partial charge in [-0.3, -0.25) is 0 Å². The van der Waals surface area contributed by atoms with Crippen molar-refractivity contribution in [2.24, 2.45) is 5.92 Å². The molecule has 2 atom stereocenters. The van der Waals surface area contributed by atoms with E-state index in [-0.39, 0.29) is 0 Å². The minimum absolute atomic E-state index is 0.312. The Morgan fingerprint density at radius 2 is 1.68 bits per heavy atom. The second-order valence-corrected chi connectivity index (χ2v) is 5.71. The van der Waals surface area contributed by atoms with Crippen molar-refractivity contribution in [3.63, 3.8) is 0 Å². The van der Waals surface area contributed by atoms with E-state index in [9.17, 15) is 0 Å². The molecular formula is C17H29NO. The van der Waals surface area contributed by atoms with Gasteiger partial charge < -0.3 is 10.1 Å². The van der Waals surface area contributed by atoms with Gasteiger partial charge in [0.15, 0.2) is 0 Å². The smallest absolute Gasteiger partial charge is 0.0720 e. The van der Waals surface area contributed by atoms with Crippen LogP contribution in [0.3, 0.4) is 0 Å². The number of benzene rings is 1. The summed E-state index contributed by atoms with van der Waals surface area (Å²) in [5.41, 5.74) is 2.65. The highest BCUT2D eigenvalue weighted by molar-refractivity contribution is 5.24. The maximum absolute atomic E-state index is 5.84. The summed E-state index contributed by atoms with van der Waals surface area (Å²) in [5.74, 6) is 1.13. The molecule has 108 valence electrons. The van der Waals surface area contributed by atoms with Gasteiger partial charge in [0.05, 0.1) is 12.7 Å². The normalized spacial score (nSPS) is 14.6. The summed E-state index contributed by atoms with van der Waals surface area (Å²) in [5, 5.41) is 3.39. The van der Waals surface area contributed by atoms with Crippen LogP contribution in [0.2, 0.25) is 0 Å². The Bertz CT molecular complexity index is 345. The monoisotopic (exact) mass is 263 g/mol. The first-order chi connectivity index (χ1) is 9.04. The SMILES string of the molecule is CCNCC(C)c1ccc(COC(C)C(C)C)cc1. The van der Waals surface area contributed by atoms with Crippen molar-refractivity contribution < 1.29 is 4.74 Å². The van der Waals surface area contributed by atoms with Crippen molar-refractivity contribution in [2.45, 2.75) is 53.2 Å². The summed E-state index contributed by atoms with van der Waals surface area (Å²) >= 11 is 0. The standard InChI is InChI=1S/C17H29NO/c1-6-18-11-14(4)17-9-7-16(8-10-17)12-19-15(5)13(2)3/h7-10,13-15,18H,6,11-12H2,1-5H3. The Morgan fingerprint density at radius 3 is 2.21 bits per heavy atom. The van der Waals surface area contributed by atoms with Gasteiger partial charge in [-0.15, -0.1) is 0 Å². The first kappa shape index (κ1) is 16.2. The van der Waals surface area contributed by atoms with Crippen LogP contribution in [-0.2, 0) is 11.3 Å². The van der Waals surface area contributed by atoms with E-state index in [4.69, 9.17) is 4.74 Å². The van der Waals surface area contributed by atoms with Crippen LogP contribution in [-0.4, -0.2) is 19.2 Å². The Morgan fingerprint density at radius 1 is 1.05 bits per heavy atom. The number of rotatable bonds is 8.